The van der Waals surface area contributed by atoms with Crippen molar-refractivity contribution in [2.75, 3.05) is 10.6 Å². The molecule has 6 heteroatoms. The summed E-state index contributed by atoms with van der Waals surface area (Å²) in [7, 11) is 0. The van der Waals surface area contributed by atoms with Crippen LogP contribution in [0.25, 0.3) is 0 Å². The second-order valence-electron chi connectivity index (χ2n) is 7.04. The molecule has 32 heavy (non-hydrogen) atoms. The van der Waals surface area contributed by atoms with E-state index in [0.29, 0.717) is 27.2 Å². The Balaban J connectivity index is 1.41. The van der Waals surface area contributed by atoms with Gasteiger partial charge in [0.2, 0.25) is 5.91 Å². The number of anilines is 3. The molecule has 0 saturated heterocycles. The van der Waals surface area contributed by atoms with Gasteiger partial charge in [-0.25, -0.2) is 0 Å². The van der Waals surface area contributed by atoms with Crippen molar-refractivity contribution in [2.45, 2.75) is 6.42 Å². The normalized spacial score (nSPS) is 10.4. The lowest BCUT2D eigenvalue weighted by Gasteiger charge is -2.14. The number of hydrogen-bond acceptors (Lipinski definition) is 3. The first-order valence-corrected chi connectivity index (χ1v) is 10.8. The molecule has 4 aromatic carbocycles. The maximum absolute atomic E-state index is 12.7. The molecule has 0 aromatic heterocycles. The molecule has 1 amide bonds. The number of para-hydroxylation sites is 3. The predicted octanol–water partition coefficient (Wildman–Crippen LogP) is 7.71. The SMILES string of the molecule is O=C(Cc1ccccc1Nc1c(Cl)cccc1Cl)Nc1ccc(Oc2ccccc2)cc1. The highest BCUT2D eigenvalue weighted by molar-refractivity contribution is 6.39. The van der Waals surface area contributed by atoms with E-state index in [2.05, 4.69) is 10.6 Å². The van der Waals surface area contributed by atoms with E-state index in [1.807, 2.05) is 78.9 Å². The number of rotatable bonds is 7. The molecule has 2 N–H and O–H groups in total. The van der Waals surface area contributed by atoms with Crippen molar-refractivity contribution in [1.82, 2.24) is 0 Å². The minimum Gasteiger partial charge on any atom is -0.457 e. The van der Waals surface area contributed by atoms with Crippen LogP contribution < -0.4 is 15.4 Å². The van der Waals surface area contributed by atoms with Crippen molar-refractivity contribution in [1.29, 1.82) is 0 Å². The summed E-state index contributed by atoms with van der Waals surface area (Å²) in [5.41, 5.74) is 2.89. The van der Waals surface area contributed by atoms with Gasteiger partial charge in [-0.3, -0.25) is 4.79 Å². The second-order valence-corrected chi connectivity index (χ2v) is 7.86. The third kappa shape index (κ3) is 5.61. The summed E-state index contributed by atoms with van der Waals surface area (Å²) >= 11 is 12.5. The molecular weight excluding hydrogens is 443 g/mol. The molecule has 4 nitrogen and oxygen atoms in total. The van der Waals surface area contributed by atoms with Crippen molar-refractivity contribution < 1.29 is 9.53 Å². The monoisotopic (exact) mass is 462 g/mol. The van der Waals surface area contributed by atoms with E-state index in [0.717, 1.165) is 17.0 Å². The van der Waals surface area contributed by atoms with Crippen LogP contribution in [0, 0.1) is 0 Å². The van der Waals surface area contributed by atoms with Gasteiger partial charge in [0.1, 0.15) is 11.5 Å². The Kier molecular flexibility index (Phi) is 6.95. The van der Waals surface area contributed by atoms with Crippen LogP contribution in [0.1, 0.15) is 5.56 Å². The Morgan fingerprint density at radius 3 is 2.06 bits per heavy atom. The molecule has 0 aliphatic carbocycles. The first-order chi connectivity index (χ1) is 15.6. The number of halogens is 2. The van der Waals surface area contributed by atoms with Gasteiger partial charge in [0, 0.05) is 11.4 Å². The summed E-state index contributed by atoms with van der Waals surface area (Å²) in [6, 6.07) is 29.6. The van der Waals surface area contributed by atoms with Crippen molar-refractivity contribution in [3.63, 3.8) is 0 Å². The summed E-state index contributed by atoms with van der Waals surface area (Å²) in [4.78, 5) is 12.7. The van der Waals surface area contributed by atoms with E-state index in [4.69, 9.17) is 27.9 Å². The van der Waals surface area contributed by atoms with Gasteiger partial charge in [0.05, 0.1) is 22.2 Å². The maximum atomic E-state index is 12.7. The van der Waals surface area contributed by atoms with Gasteiger partial charge in [-0.2, -0.15) is 0 Å². The molecular formula is C26H20Cl2N2O2. The third-order valence-electron chi connectivity index (χ3n) is 4.71. The molecule has 4 aromatic rings. The largest absolute Gasteiger partial charge is 0.457 e. The molecule has 0 atom stereocenters. The minimum absolute atomic E-state index is 0.138. The topological polar surface area (TPSA) is 50.4 Å². The molecule has 0 fully saturated rings. The summed E-state index contributed by atoms with van der Waals surface area (Å²) < 4.78 is 5.78. The summed E-state index contributed by atoms with van der Waals surface area (Å²) in [6.07, 6.45) is 0.188. The lowest BCUT2D eigenvalue weighted by Crippen LogP contribution is -2.15. The average molecular weight is 463 g/mol. The number of benzene rings is 4. The zero-order valence-electron chi connectivity index (χ0n) is 17.0. The van der Waals surface area contributed by atoms with E-state index in [-0.39, 0.29) is 12.3 Å². The highest BCUT2D eigenvalue weighted by atomic mass is 35.5. The van der Waals surface area contributed by atoms with E-state index in [1.165, 1.54) is 0 Å². The van der Waals surface area contributed by atoms with Crippen molar-refractivity contribution in [3.05, 3.63) is 113 Å². The molecule has 0 radical (unpaired) electrons. The highest BCUT2D eigenvalue weighted by Crippen LogP contribution is 2.33. The lowest BCUT2D eigenvalue weighted by atomic mass is 10.1. The molecule has 0 aliphatic rings. The molecule has 0 unspecified atom stereocenters. The van der Waals surface area contributed by atoms with Crippen LogP contribution in [0.3, 0.4) is 0 Å². The Morgan fingerprint density at radius 2 is 1.34 bits per heavy atom. The average Bonchev–Trinajstić information content (AvgIpc) is 2.79. The smallest absolute Gasteiger partial charge is 0.228 e. The fraction of sp³-hybridized carbons (Fsp3) is 0.0385. The van der Waals surface area contributed by atoms with Crippen LogP contribution in [-0.4, -0.2) is 5.91 Å². The van der Waals surface area contributed by atoms with Gasteiger partial charge >= 0.3 is 0 Å². The first-order valence-electron chi connectivity index (χ1n) is 10.0. The zero-order chi connectivity index (χ0) is 22.3. The number of amides is 1. The van der Waals surface area contributed by atoms with Crippen molar-refractivity contribution in [2.24, 2.45) is 0 Å². The third-order valence-corrected chi connectivity index (χ3v) is 5.34. The van der Waals surface area contributed by atoms with E-state index < -0.39 is 0 Å². The fourth-order valence-corrected chi connectivity index (χ4v) is 3.65. The Bertz CT molecular complexity index is 1190. The summed E-state index contributed by atoms with van der Waals surface area (Å²) in [5, 5.41) is 7.19. The van der Waals surface area contributed by atoms with Gasteiger partial charge < -0.3 is 15.4 Å². The quantitative estimate of drug-likeness (QED) is 0.295. The molecule has 0 saturated carbocycles. The van der Waals surface area contributed by atoms with E-state index >= 15 is 0 Å². The number of carbonyl (C=O) groups excluding carboxylic acids is 1. The standard InChI is InChI=1S/C26H20Cl2N2O2/c27-22-10-6-11-23(28)26(22)30-24-12-5-4-7-18(24)17-25(31)29-19-13-15-21(16-14-19)32-20-8-2-1-3-9-20/h1-16,30H,17H2,(H,29,31). The molecule has 0 bridgehead atoms. The summed E-state index contributed by atoms with van der Waals surface area (Å²) in [5.74, 6) is 1.31. The molecule has 0 heterocycles. The minimum atomic E-state index is -0.138. The maximum Gasteiger partial charge on any atom is 0.228 e. The van der Waals surface area contributed by atoms with Crippen LogP contribution in [0.15, 0.2) is 97.1 Å². The van der Waals surface area contributed by atoms with Crippen molar-refractivity contribution >= 4 is 46.2 Å². The van der Waals surface area contributed by atoms with E-state index in [9.17, 15) is 4.79 Å². The zero-order valence-corrected chi connectivity index (χ0v) is 18.5. The molecule has 4 rings (SSSR count). The number of hydrogen-bond donors (Lipinski definition) is 2. The van der Waals surface area contributed by atoms with Crippen LogP contribution in [0.4, 0.5) is 17.1 Å². The van der Waals surface area contributed by atoms with Crippen LogP contribution in [0.2, 0.25) is 10.0 Å². The van der Waals surface area contributed by atoms with Crippen LogP contribution in [-0.2, 0) is 11.2 Å². The van der Waals surface area contributed by atoms with Gasteiger partial charge in [-0.1, -0.05) is 65.7 Å². The van der Waals surface area contributed by atoms with Crippen LogP contribution in [0.5, 0.6) is 11.5 Å². The predicted molar refractivity (Wildman–Crippen MR) is 131 cm³/mol. The van der Waals surface area contributed by atoms with E-state index in [1.54, 1.807) is 18.2 Å². The van der Waals surface area contributed by atoms with Gasteiger partial charge in [-0.15, -0.1) is 0 Å². The van der Waals surface area contributed by atoms with Gasteiger partial charge in [0.15, 0.2) is 0 Å². The Morgan fingerprint density at radius 1 is 0.719 bits per heavy atom. The Hall–Kier alpha value is -3.47. The highest BCUT2D eigenvalue weighted by Gasteiger charge is 2.12. The number of ether oxygens (including phenoxy) is 1. The molecule has 0 aliphatic heterocycles. The molecule has 160 valence electrons. The number of nitrogens with one attached hydrogen (secondary N) is 2. The lowest BCUT2D eigenvalue weighted by molar-refractivity contribution is -0.115. The molecule has 0 spiro atoms. The number of carbonyl (C=O) groups is 1. The van der Waals surface area contributed by atoms with Crippen molar-refractivity contribution in [3.8, 4) is 11.5 Å². The fourth-order valence-electron chi connectivity index (χ4n) is 3.16. The first kappa shape index (κ1) is 21.8. The Labute approximate surface area is 196 Å². The second kappa shape index (κ2) is 10.2. The van der Waals surface area contributed by atoms with Gasteiger partial charge in [0.25, 0.3) is 0 Å². The summed E-state index contributed by atoms with van der Waals surface area (Å²) in [6.45, 7) is 0. The van der Waals surface area contributed by atoms with Crippen LogP contribution >= 0.6 is 23.2 Å². The van der Waals surface area contributed by atoms with Gasteiger partial charge in [-0.05, 0) is 60.2 Å².